The van der Waals surface area contributed by atoms with Gasteiger partial charge in [-0.05, 0) is 48.4 Å². The number of para-hydroxylation sites is 1. The van der Waals surface area contributed by atoms with E-state index in [9.17, 15) is 22.8 Å². The minimum absolute atomic E-state index is 0.0649. The summed E-state index contributed by atoms with van der Waals surface area (Å²) >= 11 is 0. The van der Waals surface area contributed by atoms with E-state index in [-0.39, 0.29) is 18.9 Å². The molecule has 0 aromatic heterocycles. The Kier molecular flexibility index (Phi) is 10.0. The van der Waals surface area contributed by atoms with Crippen molar-refractivity contribution in [2.75, 3.05) is 48.1 Å². The van der Waals surface area contributed by atoms with Gasteiger partial charge in [-0.15, -0.1) is 0 Å². The van der Waals surface area contributed by atoms with Crippen LogP contribution in [0.4, 0.5) is 21.9 Å². The van der Waals surface area contributed by atoms with E-state index in [0.717, 1.165) is 0 Å². The van der Waals surface area contributed by atoms with E-state index in [1.807, 2.05) is 6.07 Å². The molecule has 0 atom stereocenters. The van der Waals surface area contributed by atoms with E-state index in [1.165, 1.54) is 16.9 Å². The SMILES string of the molecule is COc1cccc(N(CC(=O)N(C)c2ccccc2)C(=O)CNC(=O)Nc2cccc(CCS(=O)(=O)O)c2)c1. The molecule has 0 aliphatic heterocycles. The van der Waals surface area contributed by atoms with Crippen LogP contribution in [0.2, 0.25) is 0 Å². The maximum Gasteiger partial charge on any atom is 0.319 e. The Hall–Kier alpha value is -4.42. The molecule has 0 fully saturated rings. The van der Waals surface area contributed by atoms with Crippen LogP contribution in [-0.4, -0.2) is 63.8 Å². The third-order valence-corrected chi connectivity index (χ3v) is 6.43. The monoisotopic (exact) mass is 554 g/mol. The van der Waals surface area contributed by atoms with Gasteiger partial charge in [0, 0.05) is 30.2 Å². The molecule has 0 spiro atoms. The first-order valence-corrected chi connectivity index (χ1v) is 13.5. The van der Waals surface area contributed by atoms with Gasteiger partial charge in [-0.25, -0.2) is 4.79 Å². The van der Waals surface area contributed by atoms with Gasteiger partial charge in [-0.2, -0.15) is 8.42 Å². The predicted molar refractivity (Wildman–Crippen MR) is 149 cm³/mol. The molecule has 4 amide bonds. The number of nitrogens with zero attached hydrogens (tertiary/aromatic N) is 2. The zero-order chi connectivity index (χ0) is 28.4. The molecule has 0 aliphatic rings. The maximum atomic E-state index is 13.2. The van der Waals surface area contributed by atoms with Gasteiger partial charge in [0.15, 0.2) is 0 Å². The van der Waals surface area contributed by atoms with Gasteiger partial charge in [-0.1, -0.05) is 36.4 Å². The van der Waals surface area contributed by atoms with Crippen LogP contribution in [-0.2, 0) is 26.1 Å². The average Bonchev–Trinajstić information content (AvgIpc) is 2.93. The summed E-state index contributed by atoms with van der Waals surface area (Å²) in [6.45, 7) is -0.690. The van der Waals surface area contributed by atoms with Crippen molar-refractivity contribution in [3.63, 3.8) is 0 Å². The van der Waals surface area contributed by atoms with E-state index in [1.54, 1.807) is 79.8 Å². The number of methoxy groups -OCH3 is 1. The van der Waals surface area contributed by atoms with Crippen molar-refractivity contribution in [3.05, 3.63) is 84.4 Å². The predicted octanol–water partition coefficient (Wildman–Crippen LogP) is 2.94. The zero-order valence-corrected chi connectivity index (χ0v) is 22.3. The highest BCUT2D eigenvalue weighted by molar-refractivity contribution is 7.85. The second-order valence-corrected chi connectivity index (χ2v) is 10.1. The van der Waals surface area contributed by atoms with Crippen molar-refractivity contribution < 1.29 is 32.1 Å². The van der Waals surface area contributed by atoms with Gasteiger partial charge in [0.05, 0.1) is 19.4 Å². The largest absolute Gasteiger partial charge is 0.497 e. The van der Waals surface area contributed by atoms with Crippen LogP contribution in [0.25, 0.3) is 0 Å². The molecule has 0 saturated heterocycles. The Morgan fingerprint density at radius 1 is 0.897 bits per heavy atom. The highest BCUT2D eigenvalue weighted by Crippen LogP contribution is 2.22. The average molecular weight is 555 g/mol. The number of ether oxygens (including phenoxy) is 1. The first-order chi connectivity index (χ1) is 18.6. The molecule has 39 heavy (non-hydrogen) atoms. The second kappa shape index (κ2) is 13.4. The smallest absolute Gasteiger partial charge is 0.319 e. The molecule has 3 N–H and O–H groups in total. The number of rotatable bonds is 11. The Bertz CT molecular complexity index is 1410. The molecule has 0 unspecified atom stereocenters. The highest BCUT2D eigenvalue weighted by atomic mass is 32.2. The summed E-state index contributed by atoms with van der Waals surface area (Å²) < 4.78 is 36.2. The van der Waals surface area contributed by atoms with E-state index in [4.69, 9.17) is 9.29 Å². The number of nitrogens with one attached hydrogen (secondary N) is 2. The van der Waals surface area contributed by atoms with Crippen LogP contribution in [0.3, 0.4) is 0 Å². The van der Waals surface area contributed by atoms with E-state index in [0.29, 0.717) is 28.4 Å². The van der Waals surface area contributed by atoms with E-state index in [2.05, 4.69) is 10.6 Å². The second-order valence-electron chi connectivity index (χ2n) is 8.51. The fourth-order valence-corrected chi connectivity index (χ4v) is 4.11. The van der Waals surface area contributed by atoms with Crippen molar-refractivity contribution in [1.29, 1.82) is 0 Å². The summed E-state index contributed by atoms with van der Waals surface area (Å²) in [6.07, 6.45) is 0.0649. The molecule has 0 heterocycles. The lowest BCUT2D eigenvalue weighted by Crippen LogP contribution is -2.46. The van der Waals surface area contributed by atoms with Crippen LogP contribution >= 0.6 is 0 Å². The fraction of sp³-hybridized carbons (Fsp3) is 0.222. The van der Waals surface area contributed by atoms with Crippen LogP contribution in [0, 0.1) is 0 Å². The van der Waals surface area contributed by atoms with Crippen molar-refractivity contribution in [1.82, 2.24) is 5.32 Å². The molecule has 3 aromatic carbocycles. The van der Waals surface area contributed by atoms with Crippen LogP contribution in [0.15, 0.2) is 78.9 Å². The molecule has 11 nitrogen and oxygen atoms in total. The number of urea groups is 1. The summed E-state index contributed by atoms with van der Waals surface area (Å²) in [5, 5.41) is 5.07. The van der Waals surface area contributed by atoms with Crippen molar-refractivity contribution >= 4 is 45.0 Å². The summed E-state index contributed by atoms with van der Waals surface area (Å²) in [6, 6.07) is 21.4. The third-order valence-electron chi connectivity index (χ3n) is 5.71. The highest BCUT2D eigenvalue weighted by Gasteiger charge is 2.23. The van der Waals surface area contributed by atoms with Gasteiger partial charge in [0.1, 0.15) is 12.3 Å². The molecule has 0 radical (unpaired) electrons. The Morgan fingerprint density at radius 2 is 1.59 bits per heavy atom. The summed E-state index contributed by atoms with van der Waals surface area (Å²) in [4.78, 5) is 41.5. The number of benzene rings is 3. The molecular formula is C27H30N4O7S. The first-order valence-electron chi connectivity index (χ1n) is 11.9. The lowest BCUT2D eigenvalue weighted by atomic mass is 10.1. The van der Waals surface area contributed by atoms with Crippen molar-refractivity contribution in [3.8, 4) is 5.75 Å². The van der Waals surface area contributed by atoms with Gasteiger partial charge < -0.3 is 25.2 Å². The summed E-state index contributed by atoms with van der Waals surface area (Å²) in [7, 11) is -1.02. The number of likely N-dealkylation sites (N-methyl/N-ethyl adjacent to an activating group) is 1. The van der Waals surface area contributed by atoms with Crippen LogP contribution < -0.4 is 25.2 Å². The number of carbonyl (C=O) groups is 3. The van der Waals surface area contributed by atoms with Crippen LogP contribution in [0.5, 0.6) is 5.75 Å². The maximum absolute atomic E-state index is 13.2. The quantitative estimate of drug-likeness (QED) is 0.309. The number of carbonyl (C=O) groups excluding carboxylic acids is 3. The zero-order valence-electron chi connectivity index (χ0n) is 21.5. The standard InChI is InChI=1S/C27H30N4O7S/c1-30(22-10-4-3-5-11-22)26(33)19-31(23-12-7-13-24(17-23)38-2)25(32)18-28-27(34)29-21-9-6-8-20(16-21)14-15-39(35,36)37/h3-13,16-17H,14-15,18-19H2,1-2H3,(H2,28,29,34)(H,35,36,37). The van der Waals surface area contributed by atoms with Crippen molar-refractivity contribution in [2.24, 2.45) is 0 Å². The number of aryl methyl sites for hydroxylation is 1. The Labute approximate surface area is 227 Å². The molecule has 0 saturated carbocycles. The molecule has 3 aromatic rings. The third kappa shape index (κ3) is 9.13. The van der Waals surface area contributed by atoms with Gasteiger partial charge >= 0.3 is 6.03 Å². The summed E-state index contributed by atoms with van der Waals surface area (Å²) in [5.74, 6) is -0.831. The normalized spacial score (nSPS) is 10.8. The van der Waals surface area contributed by atoms with E-state index < -0.39 is 34.4 Å². The Morgan fingerprint density at radius 3 is 2.28 bits per heavy atom. The molecule has 12 heteroatoms. The number of hydrogen-bond acceptors (Lipinski definition) is 6. The molecule has 0 bridgehead atoms. The first kappa shape index (κ1) is 29.1. The van der Waals surface area contributed by atoms with Crippen molar-refractivity contribution in [2.45, 2.75) is 6.42 Å². The summed E-state index contributed by atoms with van der Waals surface area (Å²) in [5.41, 5.74) is 2.05. The number of anilines is 3. The molecule has 206 valence electrons. The van der Waals surface area contributed by atoms with E-state index >= 15 is 0 Å². The van der Waals surface area contributed by atoms with Gasteiger partial charge in [0.25, 0.3) is 10.1 Å². The Balaban J connectivity index is 1.68. The van der Waals surface area contributed by atoms with Gasteiger partial charge in [-0.3, -0.25) is 14.1 Å². The fourth-order valence-electron chi connectivity index (χ4n) is 3.62. The van der Waals surface area contributed by atoms with Crippen LogP contribution in [0.1, 0.15) is 5.56 Å². The van der Waals surface area contributed by atoms with Gasteiger partial charge in [0.2, 0.25) is 11.8 Å². The lowest BCUT2D eigenvalue weighted by molar-refractivity contribution is -0.121. The topological polar surface area (TPSA) is 145 Å². The minimum Gasteiger partial charge on any atom is -0.497 e. The molecule has 0 aliphatic carbocycles. The lowest BCUT2D eigenvalue weighted by Gasteiger charge is -2.26. The number of amides is 4. The minimum atomic E-state index is -4.12. The molecular weight excluding hydrogens is 524 g/mol. The molecule has 3 rings (SSSR count). The number of hydrogen-bond donors (Lipinski definition) is 3.